The van der Waals surface area contributed by atoms with Crippen molar-refractivity contribution >= 4 is 5.84 Å². The molecule has 4 heteroatoms. The molecule has 0 fully saturated rings. The van der Waals surface area contributed by atoms with Gasteiger partial charge in [-0.2, -0.15) is 10.4 Å². The Labute approximate surface area is 53.8 Å². The molecule has 0 aromatic heterocycles. The first-order valence-corrected chi connectivity index (χ1v) is 2.85. The van der Waals surface area contributed by atoms with Gasteiger partial charge in [0, 0.05) is 6.42 Å². The molecule has 0 saturated heterocycles. The van der Waals surface area contributed by atoms with Crippen LogP contribution >= 0.6 is 0 Å². The van der Waals surface area contributed by atoms with Crippen molar-refractivity contribution in [3.05, 3.63) is 0 Å². The number of nitriles is 1. The number of amidine groups is 1. The Morgan fingerprint density at radius 2 is 2.78 bits per heavy atom. The standard InChI is InChI=1S/C5H8N4/c1-2-5-8-7-4-9(5)3-6/h7H,2,4H2,1H3. The van der Waals surface area contributed by atoms with Crippen LogP contribution < -0.4 is 5.43 Å². The highest BCUT2D eigenvalue weighted by atomic mass is 15.5. The van der Waals surface area contributed by atoms with E-state index in [4.69, 9.17) is 5.26 Å². The van der Waals surface area contributed by atoms with Gasteiger partial charge in [0.05, 0.1) is 0 Å². The molecule has 0 aromatic carbocycles. The summed E-state index contributed by atoms with van der Waals surface area (Å²) in [6.45, 7) is 2.50. The van der Waals surface area contributed by atoms with Crippen LogP contribution in [-0.2, 0) is 0 Å². The van der Waals surface area contributed by atoms with Crippen LogP contribution in [-0.4, -0.2) is 17.4 Å². The molecule has 1 aliphatic rings. The van der Waals surface area contributed by atoms with E-state index in [1.165, 1.54) is 4.90 Å². The smallest absolute Gasteiger partial charge is 0.187 e. The fraction of sp³-hybridized carbons (Fsp3) is 0.600. The van der Waals surface area contributed by atoms with Gasteiger partial charge in [0.15, 0.2) is 6.19 Å². The van der Waals surface area contributed by atoms with Crippen molar-refractivity contribution in [3.63, 3.8) is 0 Å². The van der Waals surface area contributed by atoms with Gasteiger partial charge in [-0.3, -0.25) is 5.43 Å². The van der Waals surface area contributed by atoms with E-state index in [0.717, 1.165) is 12.3 Å². The van der Waals surface area contributed by atoms with E-state index in [-0.39, 0.29) is 0 Å². The van der Waals surface area contributed by atoms with Gasteiger partial charge < -0.3 is 0 Å². The van der Waals surface area contributed by atoms with Gasteiger partial charge >= 0.3 is 0 Å². The zero-order valence-corrected chi connectivity index (χ0v) is 5.26. The Bertz CT molecular complexity index is 166. The number of rotatable bonds is 1. The number of hydrazone groups is 1. The zero-order valence-electron chi connectivity index (χ0n) is 5.26. The predicted molar refractivity (Wildman–Crippen MR) is 33.2 cm³/mol. The maximum atomic E-state index is 8.42. The molecule has 0 aromatic rings. The van der Waals surface area contributed by atoms with E-state index in [1.54, 1.807) is 0 Å². The summed E-state index contributed by atoms with van der Waals surface area (Å²) in [5.41, 5.74) is 2.72. The molecule has 48 valence electrons. The number of nitrogens with one attached hydrogen (secondary N) is 1. The minimum Gasteiger partial charge on any atom is -0.288 e. The van der Waals surface area contributed by atoms with Gasteiger partial charge in [-0.1, -0.05) is 6.92 Å². The summed E-state index contributed by atoms with van der Waals surface area (Å²) in [5.74, 6) is 0.817. The average molecular weight is 124 g/mol. The van der Waals surface area contributed by atoms with Crippen LogP contribution in [0.1, 0.15) is 13.3 Å². The van der Waals surface area contributed by atoms with Crippen molar-refractivity contribution in [2.24, 2.45) is 5.10 Å². The maximum absolute atomic E-state index is 8.42. The molecule has 1 aliphatic heterocycles. The zero-order chi connectivity index (χ0) is 6.69. The molecule has 0 aliphatic carbocycles. The number of nitrogens with zero attached hydrogens (tertiary/aromatic N) is 3. The Balaban J connectivity index is 2.60. The van der Waals surface area contributed by atoms with Gasteiger partial charge in [-0.15, -0.1) is 0 Å². The largest absolute Gasteiger partial charge is 0.288 e. The van der Waals surface area contributed by atoms with Gasteiger partial charge in [0.25, 0.3) is 0 Å². The maximum Gasteiger partial charge on any atom is 0.187 e. The van der Waals surface area contributed by atoms with Crippen LogP contribution in [0.15, 0.2) is 5.10 Å². The second-order valence-corrected chi connectivity index (χ2v) is 1.73. The molecule has 0 bridgehead atoms. The minimum atomic E-state index is 0.527. The monoisotopic (exact) mass is 124 g/mol. The summed E-state index contributed by atoms with van der Waals surface area (Å²) in [5, 5.41) is 12.3. The molecule has 0 amide bonds. The molecule has 9 heavy (non-hydrogen) atoms. The summed E-state index contributed by atoms with van der Waals surface area (Å²) in [6, 6.07) is 0. The van der Waals surface area contributed by atoms with Crippen LogP contribution in [0.2, 0.25) is 0 Å². The molecule has 1 heterocycles. The quantitative estimate of drug-likeness (QED) is 0.502. The van der Waals surface area contributed by atoms with E-state index < -0.39 is 0 Å². The fourth-order valence-electron chi connectivity index (χ4n) is 0.712. The van der Waals surface area contributed by atoms with Crippen LogP contribution in [0.4, 0.5) is 0 Å². The average Bonchev–Trinajstić information content (AvgIpc) is 2.33. The van der Waals surface area contributed by atoms with Crippen molar-refractivity contribution in [3.8, 4) is 6.19 Å². The van der Waals surface area contributed by atoms with Crippen molar-refractivity contribution in [1.82, 2.24) is 10.3 Å². The van der Waals surface area contributed by atoms with Crippen molar-refractivity contribution in [2.75, 3.05) is 6.67 Å². The number of hydrogen-bond donors (Lipinski definition) is 1. The summed E-state index contributed by atoms with van der Waals surface area (Å²) in [4.78, 5) is 1.53. The van der Waals surface area contributed by atoms with E-state index in [1.807, 2.05) is 13.1 Å². The first-order chi connectivity index (χ1) is 4.38. The molecule has 0 radical (unpaired) electrons. The Kier molecular flexibility index (Phi) is 1.54. The Morgan fingerprint density at radius 3 is 3.22 bits per heavy atom. The SMILES string of the molecule is CCC1=NNCN1C#N. The number of hydrogen-bond acceptors (Lipinski definition) is 4. The Hall–Kier alpha value is -1.24. The first kappa shape index (κ1) is 5.89. The minimum absolute atomic E-state index is 0.527. The lowest BCUT2D eigenvalue weighted by molar-refractivity contribution is 0.560. The predicted octanol–water partition coefficient (Wildman–Crippen LogP) is 0.0537. The summed E-state index contributed by atoms with van der Waals surface area (Å²) >= 11 is 0. The van der Waals surface area contributed by atoms with E-state index in [2.05, 4.69) is 10.5 Å². The molecule has 0 spiro atoms. The fourth-order valence-corrected chi connectivity index (χ4v) is 0.712. The van der Waals surface area contributed by atoms with Gasteiger partial charge in [-0.05, 0) is 0 Å². The van der Waals surface area contributed by atoms with Gasteiger partial charge in [0.1, 0.15) is 12.5 Å². The third-order valence-corrected chi connectivity index (χ3v) is 1.19. The van der Waals surface area contributed by atoms with Gasteiger partial charge in [0.2, 0.25) is 0 Å². The summed E-state index contributed by atoms with van der Waals surface area (Å²) in [6.07, 6.45) is 2.81. The van der Waals surface area contributed by atoms with Crippen LogP contribution in [0.5, 0.6) is 0 Å². The van der Waals surface area contributed by atoms with Crippen molar-refractivity contribution < 1.29 is 0 Å². The second kappa shape index (κ2) is 2.35. The summed E-state index contributed by atoms with van der Waals surface area (Å²) < 4.78 is 0. The second-order valence-electron chi connectivity index (χ2n) is 1.73. The normalized spacial score (nSPS) is 16.4. The first-order valence-electron chi connectivity index (χ1n) is 2.85. The third-order valence-electron chi connectivity index (χ3n) is 1.19. The highest BCUT2D eigenvalue weighted by molar-refractivity contribution is 5.84. The highest BCUT2D eigenvalue weighted by Crippen LogP contribution is 1.97. The van der Waals surface area contributed by atoms with Crippen molar-refractivity contribution in [1.29, 1.82) is 5.26 Å². The van der Waals surface area contributed by atoms with E-state index in [9.17, 15) is 0 Å². The molecular formula is C5H8N4. The van der Waals surface area contributed by atoms with Crippen LogP contribution in [0.3, 0.4) is 0 Å². The topological polar surface area (TPSA) is 51.4 Å². The van der Waals surface area contributed by atoms with Crippen LogP contribution in [0.25, 0.3) is 0 Å². The lowest BCUT2D eigenvalue weighted by Gasteiger charge is -2.03. The van der Waals surface area contributed by atoms with Crippen molar-refractivity contribution in [2.45, 2.75) is 13.3 Å². The molecule has 0 saturated carbocycles. The summed E-state index contributed by atoms with van der Waals surface area (Å²) in [7, 11) is 0. The lowest BCUT2D eigenvalue weighted by Crippen LogP contribution is -2.23. The lowest BCUT2D eigenvalue weighted by atomic mass is 10.4. The van der Waals surface area contributed by atoms with E-state index in [0.29, 0.717) is 6.67 Å². The Morgan fingerprint density at radius 1 is 2.00 bits per heavy atom. The molecule has 0 unspecified atom stereocenters. The van der Waals surface area contributed by atoms with Gasteiger partial charge in [-0.25, -0.2) is 4.90 Å². The molecule has 1 N–H and O–H groups in total. The van der Waals surface area contributed by atoms with Crippen LogP contribution in [0, 0.1) is 11.5 Å². The third kappa shape index (κ3) is 0.941. The highest BCUT2D eigenvalue weighted by Gasteiger charge is 2.12. The molecule has 1 rings (SSSR count). The molecule has 0 atom stereocenters. The molecular weight excluding hydrogens is 116 g/mol. The molecule has 4 nitrogen and oxygen atoms in total. The van der Waals surface area contributed by atoms with E-state index >= 15 is 0 Å².